The maximum Gasteiger partial charge on any atom is 0.139 e. The van der Waals surface area contributed by atoms with Gasteiger partial charge in [-0.3, -0.25) is 0 Å². The molecule has 7 rings (SSSR count). The molecule has 0 amide bonds. The number of rotatable bonds is 6. The fourth-order valence-corrected chi connectivity index (χ4v) is 7.33. The van der Waals surface area contributed by atoms with Gasteiger partial charge in [0, 0.05) is 49.5 Å². The minimum atomic E-state index is -0.338. The quantitative estimate of drug-likeness (QED) is 0.178. The van der Waals surface area contributed by atoms with E-state index in [1.807, 2.05) is 19.1 Å². The van der Waals surface area contributed by atoms with Crippen LogP contribution in [0.3, 0.4) is 0 Å². The average molecular weight is 602 g/mol. The minimum absolute atomic E-state index is 0.338. The van der Waals surface area contributed by atoms with Crippen LogP contribution in [0.25, 0.3) is 56.2 Å². The summed E-state index contributed by atoms with van der Waals surface area (Å²) in [5, 5.41) is 3.48. The highest BCUT2D eigenvalue weighted by Crippen LogP contribution is 2.55. The number of furan rings is 1. The Hall–Kier alpha value is -5.28. The van der Waals surface area contributed by atoms with Crippen molar-refractivity contribution in [1.82, 2.24) is 4.57 Å². The van der Waals surface area contributed by atoms with E-state index in [1.165, 1.54) is 27.5 Å². The number of hydrogen-bond donors (Lipinski definition) is 0. The largest absolute Gasteiger partial charge is 0.456 e. The van der Waals surface area contributed by atoms with E-state index in [-0.39, 0.29) is 5.41 Å². The van der Waals surface area contributed by atoms with Gasteiger partial charge < -0.3 is 13.7 Å². The molecular formula is C43H39NO2. The van der Waals surface area contributed by atoms with Gasteiger partial charge in [0.2, 0.25) is 0 Å². The van der Waals surface area contributed by atoms with E-state index >= 15 is 0 Å². The van der Waals surface area contributed by atoms with E-state index in [4.69, 9.17) is 9.15 Å². The van der Waals surface area contributed by atoms with Crippen LogP contribution < -0.4 is 4.74 Å². The third-order valence-electron chi connectivity index (χ3n) is 9.53. The molecule has 1 aliphatic heterocycles. The number of benzene rings is 4. The lowest BCUT2D eigenvalue weighted by molar-refractivity contribution is 0.419. The van der Waals surface area contributed by atoms with Crippen LogP contribution in [0.5, 0.6) is 11.5 Å². The molecule has 228 valence electrons. The van der Waals surface area contributed by atoms with Crippen LogP contribution in [0, 0.1) is 6.92 Å². The summed E-state index contributed by atoms with van der Waals surface area (Å²) in [6.45, 7) is 21.1. The zero-order valence-corrected chi connectivity index (χ0v) is 27.5. The molecule has 0 atom stereocenters. The first-order valence-electron chi connectivity index (χ1n) is 15.9. The number of para-hydroxylation sites is 1. The molecule has 6 aromatic rings. The third-order valence-corrected chi connectivity index (χ3v) is 9.53. The number of ether oxygens (including phenoxy) is 1. The van der Waals surface area contributed by atoms with Crippen molar-refractivity contribution in [2.75, 3.05) is 0 Å². The number of hydrogen-bond acceptors (Lipinski definition) is 2. The van der Waals surface area contributed by atoms with E-state index in [0.29, 0.717) is 0 Å². The number of aromatic nitrogens is 1. The normalized spacial score (nSPS) is 14.6. The van der Waals surface area contributed by atoms with Crippen LogP contribution in [-0.4, -0.2) is 4.57 Å². The zero-order chi connectivity index (χ0) is 32.3. The van der Waals surface area contributed by atoms with Gasteiger partial charge in [0.25, 0.3) is 0 Å². The Morgan fingerprint density at radius 3 is 2.43 bits per heavy atom. The molecule has 0 saturated heterocycles. The zero-order valence-electron chi connectivity index (χ0n) is 27.5. The first kappa shape index (κ1) is 29.4. The summed E-state index contributed by atoms with van der Waals surface area (Å²) in [4.78, 5) is 0. The molecule has 0 radical (unpaired) electrons. The molecule has 0 unspecified atom stereocenters. The van der Waals surface area contributed by atoms with E-state index in [2.05, 4.69) is 137 Å². The van der Waals surface area contributed by atoms with Crippen molar-refractivity contribution in [1.29, 1.82) is 0 Å². The van der Waals surface area contributed by atoms with Gasteiger partial charge in [-0.25, -0.2) is 0 Å². The molecule has 0 N–H and O–H groups in total. The van der Waals surface area contributed by atoms with Crippen LogP contribution in [0.15, 0.2) is 114 Å². The standard InChI is InChI=1S/C43H39NO2/c1-9-15-29(26(5)11-3)39-27(6)19-21-33-42(39)46-38-24-22-35-40(41(38)43(33,7)8)31-17-13-14-18-34(31)44(35)28-20-23-37-32(25-28)30(16-10-2)36(12-4)45-37/h9-25H,3-4H2,1-2,5-8H3/b15-9-,16-10-,29-26+. The van der Waals surface area contributed by atoms with Gasteiger partial charge >= 0.3 is 0 Å². The summed E-state index contributed by atoms with van der Waals surface area (Å²) in [6.07, 6.45) is 12.1. The van der Waals surface area contributed by atoms with E-state index in [1.54, 1.807) is 6.08 Å². The highest BCUT2D eigenvalue weighted by atomic mass is 16.5. The van der Waals surface area contributed by atoms with Crippen molar-refractivity contribution in [2.45, 2.75) is 47.0 Å². The molecule has 0 aliphatic carbocycles. The second kappa shape index (κ2) is 11.0. The van der Waals surface area contributed by atoms with Crippen molar-refractivity contribution in [3.63, 3.8) is 0 Å². The second-order valence-electron chi connectivity index (χ2n) is 12.6. The van der Waals surface area contributed by atoms with Crippen LogP contribution >= 0.6 is 0 Å². The Bertz CT molecular complexity index is 2330. The monoisotopic (exact) mass is 601 g/mol. The van der Waals surface area contributed by atoms with Crippen LogP contribution in [0.4, 0.5) is 0 Å². The first-order chi connectivity index (χ1) is 22.2. The Kier molecular flexibility index (Phi) is 7.01. The van der Waals surface area contributed by atoms with Crippen LogP contribution in [0.1, 0.15) is 68.2 Å². The predicted octanol–water partition coefficient (Wildman–Crippen LogP) is 12.5. The van der Waals surface area contributed by atoms with Crippen molar-refractivity contribution in [3.8, 4) is 17.2 Å². The predicted molar refractivity (Wildman–Crippen MR) is 196 cm³/mol. The first-order valence-corrected chi connectivity index (χ1v) is 15.9. The topological polar surface area (TPSA) is 27.3 Å². The second-order valence-corrected chi connectivity index (χ2v) is 12.6. The molecule has 3 heteroatoms. The lowest BCUT2D eigenvalue weighted by Gasteiger charge is -2.37. The molecular weight excluding hydrogens is 562 g/mol. The van der Waals surface area contributed by atoms with Gasteiger partial charge in [0.15, 0.2) is 0 Å². The summed E-state index contributed by atoms with van der Waals surface area (Å²) >= 11 is 0. The summed E-state index contributed by atoms with van der Waals surface area (Å²) < 4.78 is 15.5. The van der Waals surface area contributed by atoms with Crippen LogP contribution in [0.2, 0.25) is 0 Å². The molecule has 0 spiro atoms. The smallest absolute Gasteiger partial charge is 0.139 e. The van der Waals surface area contributed by atoms with Gasteiger partial charge in [-0.1, -0.05) is 87.7 Å². The Morgan fingerprint density at radius 1 is 0.891 bits per heavy atom. The van der Waals surface area contributed by atoms with Crippen molar-refractivity contribution in [2.24, 2.45) is 0 Å². The lowest BCUT2D eigenvalue weighted by Crippen LogP contribution is -2.25. The fourth-order valence-electron chi connectivity index (χ4n) is 7.33. The Balaban J connectivity index is 1.52. The maximum atomic E-state index is 6.99. The van der Waals surface area contributed by atoms with E-state index in [9.17, 15) is 0 Å². The summed E-state index contributed by atoms with van der Waals surface area (Å²) in [5.41, 5.74) is 11.9. The number of aryl methyl sites for hydroxylation is 1. The van der Waals surface area contributed by atoms with E-state index in [0.717, 1.165) is 67.2 Å². The minimum Gasteiger partial charge on any atom is -0.456 e. The lowest BCUT2D eigenvalue weighted by atomic mass is 9.72. The van der Waals surface area contributed by atoms with Crippen molar-refractivity contribution < 1.29 is 9.15 Å². The van der Waals surface area contributed by atoms with Crippen LogP contribution in [-0.2, 0) is 5.41 Å². The number of nitrogens with zero attached hydrogens (tertiary/aromatic N) is 1. The highest BCUT2D eigenvalue weighted by molar-refractivity contribution is 6.13. The molecule has 2 aromatic heterocycles. The molecule has 1 aliphatic rings. The molecule has 4 aromatic carbocycles. The van der Waals surface area contributed by atoms with Crippen molar-refractivity contribution >= 4 is 50.5 Å². The molecule has 0 bridgehead atoms. The number of fused-ring (bicyclic) bond motifs is 7. The summed E-state index contributed by atoms with van der Waals surface area (Å²) in [7, 11) is 0. The molecule has 0 fully saturated rings. The third kappa shape index (κ3) is 4.19. The maximum absolute atomic E-state index is 6.99. The Morgan fingerprint density at radius 2 is 1.70 bits per heavy atom. The van der Waals surface area contributed by atoms with Gasteiger partial charge in [-0.2, -0.15) is 0 Å². The Labute approximate surface area is 271 Å². The van der Waals surface area contributed by atoms with E-state index < -0.39 is 0 Å². The summed E-state index contributed by atoms with van der Waals surface area (Å²) in [5.74, 6) is 2.60. The van der Waals surface area contributed by atoms with Gasteiger partial charge in [0.1, 0.15) is 22.8 Å². The molecule has 3 nitrogen and oxygen atoms in total. The molecule has 3 heterocycles. The fraction of sp³-hybridized carbons (Fsp3) is 0.163. The van der Waals surface area contributed by atoms with Crippen molar-refractivity contribution in [3.05, 3.63) is 143 Å². The van der Waals surface area contributed by atoms with Gasteiger partial charge in [0.05, 0.1) is 11.0 Å². The van der Waals surface area contributed by atoms with Gasteiger partial charge in [-0.05, 0) is 86.9 Å². The summed E-state index contributed by atoms with van der Waals surface area (Å²) in [6, 6.07) is 24.0. The number of allylic oxidation sites excluding steroid dienone is 6. The molecule has 46 heavy (non-hydrogen) atoms. The highest BCUT2D eigenvalue weighted by Gasteiger charge is 2.39. The SMILES string of the molecule is C=C/C(C)=C(\C=C/C)c1c(C)ccc2c1Oc1ccc3c(c1C2(C)C)c1ccccc1n3-c1ccc2oc(C=C)c(/C=C\C)c2c1. The van der Waals surface area contributed by atoms with Gasteiger partial charge in [-0.15, -0.1) is 0 Å². The average Bonchev–Trinajstić information content (AvgIpc) is 3.58. The molecule has 0 saturated carbocycles.